The van der Waals surface area contributed by atoms with Gasteiger partial charge in [-0.3, -0.25) is 9.59 Å². The molecule has 0 fully saturated rings. The molecule has 3 aromatic carbocycles. The van der Waals surface area contributed by atoms with E-state index in [0.29, 0.717) is 16.5 Å². The number of ether oxygens (including phenoxy) is 2. The first-order valence-corrected chi connectivity index (χ1v) is 11.4. The van der Waals surface area contributed by atoms with E-state index in [1.54, 1.807) is 18.2 Å². The van der Waals surface area contributed by atoms with Crippen LogP contribution < -0.4 is 10.1 Å². The molecule has 1 amide bonds. The Balaban J connectivity index is 1.49. The monoisotopic (exact) mass is 485 g/mol. The number of hydrogen-bond acceptors (Lipinski definition) is 7. The second-order valence-electron chi connectivity index (χ2n) is 7.01. The van der Waals surface area contributed by atoms with Crippen molar-refractivity contribution in [3.05, 3.63) is 82.4 Å². The summed E-state index contributed by atoms with van der Waals surface area (Å²) in [6.07, 6.45) is 0. The highest BCUT2D eigenvalue weighted by molar-refractivity contribution is 7.91. The summed E-state index contributed by atoms with van der Waals surface area (Å²) >= 11 is 6.01. The first-order chi connectivity index (χ1) is 15.7. The number of rotatable bonds is 5. The molecule has 0 saturated heterocycles. The Morgan fingerprint density at radius 1 is 0.970 bits per heavy atom. The number of halogens is 1. The molecule has 0 unspecified atom stereocenters. The first-order valence-electron chi connectivity index (χ1n) is 9.56. The van der Waals surface area contributed by atoms with E-state index in [-0.39, 0.29) is 26.5 Å². The molecule has 0 aromatic heterocycles. The molecule has 33 heavy (non-hydrogen) atoms. The summed E-state index contributed by atoms with van der Waals surface area (Å²) in [5.74, 6) is -1.56. The molecule has 0 saturated carbocycles. The van der Waals surface area contributed by atoms with Gasteiger partial charge in [-0.1, -0.05) is 23.7 Å². The number of hydrogen-bond donors (Lipinski definition) is 1. The molecular formula is C23H16ClNO7S. The summed E-state index contributed by atoms with van der Waals surface area (Å²) in [7, 11) is -2.54. The molecular weight excluding hydrogens is 470 g/mol. The van der Waals surface area contributed by atoms with Gasteiger partial charge in [-0.15, -0.1) is 0 Å². The zero-order valence-corrected chi connectivity index (χ0v) is 18.7. The number of anilines is 1. The molecule has 168 valence electrons. The molecule has 1 aliphatic heterocycles. The predicted octanol–water partition coefficient (Wildman–Crippen LogP) is 3.52. The van der Waals surface area contributed by atoms with E-state index in [1.165, 1.54) is 43.5 Å². The molecule has 3 aromatic rings. The van der Waals surface area contributed by atoms with Gasteiger partial charge in [0.15, 0.2) is 12.4 Å². The van der Waals surface area contributed by atoms with Gasteiger partial charge in [-0.05, 0) is 48.5 Å². The topological polar surface area (TPSA) is 116 Å². The van der Waals surface area contributed by atoms with Crippen molar-refractivity contribution in [1.29, 1.82) is 0 Å². The minimum atomic E-state index is -4.00. The average Bonchev–Trinajstić information content (AvgIpc) is 2.81. The summed E-state index contributed by atoms with van der Waals surface area (Å²) in [6.45, 7) is -0.617. The highest BCUT2D eigenvalue weighted by Crippen LogP contribution is 2.35. The van der Waals surface area contributed by atoms with Gasteiger partial charge in [0.1, 0.15) is 5.75 Å². The smallest absolute Gasteiger partial charge is 0.338 e. The molecule has 10 heteroatoms. The number of amides is 1. The summed E-state index contributed by atoms with van der Waals surface area (Å²) < 4.78 is 36.0. The van der Waals surface area contributed by atoms with Crippen molar-refractivity contribution >= 4 is 44.8 Å². The third-order valence-electron chi connectivity index (χ3n) is 4.94. The van der Waals surface area contributed by atoms with Gasteiger partial charge in [0.25, 0.3) is 5.91 Å². The third-order valence-corrected chi connectivity index (χ3v) is 7.09. The van der Waals surface area contributed by atoms with Crippen molar-refractivity contribution in [1.82, 2.24) is 0 Å². The number of ketones is 1. The number of methoxy groups -OCH3 is 1. The fourth-order valence-electron chi connectivity index (χ4n) is 3.37. The van der Waals surface area contributed by atoms with E-state index in [0.717, 1.165) is 6.07 Å². The lowest BCUT2D eigenvalue weighted by Crippen LogP contribution is -2.22. The largest absolute Gasteiger partial charge is 0.495 e. The first kappa shape index (κ1) is 22.5. The quantitative estimate of drug-likeness (QED) is 0.430. The van der Waals surface area contributed by atoms with E-state index in [2.05, 4.69) is 5.32 Å². The van der Waals surface area contributed by atoms with Crippen LogP contribution in [0.2, 0.25) is 5.02 Å². The number of esters is 1. The van der Waals surface area contributed by atoms with E-state index >= 15 is 0 Å². The van der Waals surface area contributed by atoms with Crippen LogP contribution in [0.15, 0.2) is 70.5 Å². The fourth-order valence-corrected chi connectivity index (χ4v) is 5.30. The Hall–Kier alpha value is -3.69. The maximum absolute atomic E-state index is 13.0. The van der Waals surface area contributed by atoms with Crippen molar-refractivity contribution in [2.75, 3.05) is 19.0 Å². The highest BCUT2D eigenvalue weighted by Gasteiger charge is 2.35. The average molecular weight is 486 g/mol. The molecule has 1 aliphatic rings. The number of sulfone groups is 1. The Morgan fingerprint density at radius 2 is 1.70 bits per heavy atom. The fraction of sp³-hybridized carbons (Fsp3) is 0.0870. The van der Waals surface area contributed by atoms with Gasteiger partial charge >= 0.3 is 5.97 Å². The standard InChI is InChI=1S/C23H16ClNO7S/c1-31-18-9-7-14(11-17(18)24)25-21(26)12-32-23(28)13-6-8-16-20(10-13)33(29,30)19-5-3-2-4-15(19)22(16)27/h2-11H,12H2,1H3,(H,25,26). The summed E-state index contributed by atoms with van der Waals surface area (Å²) in [5.41, 5.74) is 0.318. The molecule has 0 radical (unpaired) electrons. The van der Waals surface area contributed by atoms with Crippen LogP contribution in [0.1, 0.15) is 26.3 Å². The van der Waals surface area contributed by atoms with E-state index in [1.807, 2.05) is 0 Å². The number of carbonyl (C=O) groups excluding carboxylic acids is 3. The van der Waals surface area contributed by atoms with Crippen LogP contribution >= 0.6 is 11.6 Å². The zero-order chi connectivity index (χ0) is 23.8. The minimum Gasteiger partial charge on any atom is -0.495 e. The lowest BCUT2D eigenvalue weighted by Gasteiger charge is -2.19. The summed E-state index contributed by atoms with van der Waals surface area (Å²) in [4.78, 5) is 36.8. The van der Waals surface area contributed by atoms with Crippen LogP contribution in [-0.4, -0.2) is 39.8 Å². The molecule has 0 atom stereocenters. The Bertz CT molecular complexity index is 1420. The summed E-state index contributed by atoms with van der Waals surface area (Å²) in [5, 5.41) is 2.81. The van der Waals surface area contributed by atoms with Gasteiger partial charge in [0.2, 0.25) is 9.84 Å². The van der Waals surface area contributed by atoms with Crippen molar-refractivity contribution in [3.63, 3.8) is 0 Å². The van der Waals surface area contributed by atoms with Crippen molar-refractivity contribution in [2.24, 2.45) is 0 Å². The van der Waals surface area contributed by atoms with Gasteiger partial charge in [-0.2, -0.15) is 0 Å². The van der Waals surface area contributed by atoms with Gasteiger partial charge < -0.3 is 14.8 Å². The van der Waals surface area contributed by atoms with Crippen LogP contribution in [0.5, 0.6) is 5.75 Å². The SMILES string of the molecule is COc1ccc(NC(=O)COC(=O)c2ccc3c(c2)S(=O)(=O)c2ccccc2C3=O)cc1Cl. The van der Waals surface area contributed by atoms with Crippen LogP contribution in [0, 0.1) is 0 Å². The number of carbonyl (C=O) groups is 3. The molecule has 1 N–H and O–H groups in total. The molecule has 0 spiro atoms. The molecule has 8 nitrogen and oxygen atoms in total. The number of benzene rings is 3. The minimum absolute atomic E-state index is 0.0284. The Labute approximate surface area is 194 Å². The van der Waals surface area contributed by atoms with Crippen LogP contribution in [0.25, 0.3) is 0 Å². The van der Waals surface area contributed by atoms with Crippen molar-refractivity contribution < 1.29 is 32.3 Å². The lowest BCUT2D eigenvalue weighted by atomic mass is 10.0. The van der Waals surface area contributed by atoms with E-state index in [4.69, 9.17) is 21.1 Å². The van der Waals surface area contributed by atoms with Crippen LogP contribution in [-0.2, 0) is 19.4 Å². The number of nitrogens with one attached hydrogen (secondary N) is 1. The Morgan fingerprint density at radius 3 is 2.42 bits per heavy atom. The van der Waals surface area contributed by atoms with E-state index < -0.39 is 34.1 Å². The predicted molar refractivity (Wildman–Crippen MR) is 119 cm³/mol. The lowest BCUT2D eigenvalue weighted by molar-refractivity contribution is -0.119. The highest BCUT2D eigenvalue weighted by atomic mass is 35.5. The second-order valence-corrected chi connectivity index (χ2v) is 9.31. The molecule has 1 heterocycles. The maximum Gasteiger partial charge on any atom is 0.338 e. The summed E-state index contributed by atoms with van der Waals surface area (Å²) in [6, 6.07) is 14.1. The van der Waals surface area contributed by atoms with Gasteiger partial charge in [0, 0.05) is 16.8 Å². The van der Waals surface area contributed by atoms with Gasteiger partial charge in [-0.25, -0.2) is 13.2 Å². The van der Waals surface area contributed by atoms with Gasteiger partial charge in [0.05, 0.1) is 27.5 Å². The number of fused-ring (bicyclic) bond motifs is 2. The van der Waals surface area contributed by atoms with Crippen molar-refractivity contribution in [3.8, 4) is 5.75 Å². The van der Waals surface area contributed by atoms with Crippen LogP contribution in [0.3, 0.4) is 0 Å². The zero-order valence-electron chi connectivity index (χ0n) is 17.1. The maximum atomic E-state index is 13.0. The second kappa shape index (κ2) is 8.68. The molecule has 0 bridgehead atoms. The van der Waals surface area contributed by atoms with Crippen molar-refractivity contribution in [2.45, 2.75) is 9.79 Å². The molecule has 0 aliphatic carbocycles. The van der Waals surface area contributed by atoms with Crippen LogP contribution in [0.4, 0.5) is 5.69 Å². The Kier molecular flexibility index (Phi) is 5.92. The third kappa shape index (κ3) is 4.20. The van der Waals surface area contributed by atoms with E-state index in [9.17, 15) is 22.8 Å². The normalized spacial score (nSPS) is 13.5. The molecule has 4 rings (SSSR count).